The first-order valence-electron chi connectivity index (χ1n) is 9.82. The molecular weight excluding hydrogens is 414 g/mol. The third-order valence-corrected chi connectivity index (χ3v) is 5.46. The van der Waals surface area contributed by atoms with Crippen LogP contribution in [0.5, 0.6) is 0 Å². The van der Waals surface area contributed by atoms with Gasteiger partial charge in [0.05, 0.1) is 23.2 Å². The van der Waals surface area contributed by atoms with Gasteiger partial charge in [-0.3, -0.25) is 4.79 Å². The second kappa shape index (κ2) is 7.45. The summed E-state index contributed by atoms with van der Waals surface area (Å²) < 4.78 is 1.76. The minimum absolute atomic E-state index is 0.0724. The van der Waals surface area contributed by atoms with E-state index in [9.17, 15) is 4.79 Å². The van der Waals surface area contributed by atoms with Crippen molar-refractivity contribution in [1.29, 1.82) is 5.26 Å². The molecule has 2 aliphatic rings. The summed E-state index contributed by atoms with van der Waals surface area (Å²) in [6, 6.07) is 9.50. The summed E-state index contributed by atoms with van der Waals surface area (Å²) >= 11 is 6.17. The van der Waals surface area contributed by atoms with Crippen molar-refractivity contribution in [2.75, 3.05) is 10.6 Å². The second-order valence-electron chi connectivity index (χ2n) is 7.59. The van der Waals surface area contributed by atoms with E-state index in [0.29, 0.717) is 33.8 Å². The molecule has 9 heteroatoms. The molecule has 1 saturated carbocycles. The molecule has 3 N–H and O–H groups in total. The van der Waals surface area contributed by atoms with Gasteiger partial charge in [0.2, 0.25) is 5.91 Å². The Kier molecular flexibility index (Phi) is 4.60. The van der Waals surface area contributed by atoms with Crippen molar-refractivity contribution in [3.63, 3.8) is 0 Å². The molecule has 1 aliphatic carbocycles. The molecule has 154 valence electrons. The van der Waals surface area contributed by atoms with Crippen molar-refractivity contribution in [3.05, 3.63) is 64.5 Å². The summed E-state index contributed by atoms with van der Waals surface area (Å²) in [4.78, 5) is 16.4. The topological polar surface area (TPSA) is 107 Å². The zero-order valence-corrected chi connectivity index (χ0v) is 17.2. The van der Waals surface area contributed by atoms with Gasteiger partial charge < -0.3 is 16.0 Å². The molecule has 1 aromatic carbocycles. The van der Waals surface area contributed by atoms with Gasteiger partial charge in [0.25, 0.3) is 0 Å². The van der Waals surface area contributed by atoms with Crippen LogP contribution in [0.15, 0.2) is 48.3 Å². The lowest BCUT2D eigenvalue weighted by molar-refractivity contribution is -0.118. The van der Waals surface area contributed by atoms with E-state index in [-0.39, 0.29) is 12.3 Å². The molecule has 0 bridgehead atoms. The fourth-order valence-electron chi connectivity index (χ4n) is 3.42. The molecule has 2 fully saturated rings. The first-order valence-corrected chi connectivity index (χ1v) is 10.2. The fraction of sp³-hybridized carbons (Fsp3) is 0.182. The number of halogens is 1. The minimum atomic E-state index is -0.0724. The van der Waals surface area contributed by atoms with Crippen LogP contribution in [0.2, 0.25) is 5.02 Å². The summed E-state index contributed by atoms with van der Waals surface area (Å²) in [5, 5.41) is 23.4. The molecule has 1 aliphatic heterocycles. The zero-order valence-electron chi connectivity index (χ0n) is 16.4. The second-order valence-corrected chi connectivity index (χ2v) is 7.99. The lowest BCUT2D eigenvalue weighted by atomic mass is 10.1. The number of allylic oxidation sites excluding steroid dienone is 1. The summed E-state index contributed by atoms with van der Waals surface area (Å²) in [7, 11) is 0. The lowest BCUT2D eigenvalue weighted by Gasteiger charge is -2.12. The van der Waals surface area contributed by atoms with Gasteiger partial charge >= 0.3 is 0 Å². The molecule has 5 rings (SSSR count). The van der Waals surface area contributed by atoms with Gasteiger partial charge in [-0.05, 0) is 42.7 Å². The molecule has 0 radical (unpaired) electrons. The van der Waals surface area contributed by atoms with Crippen LogP contribution >= 0.6 is 11.6 Å². The molecule has 31 heavy (non-hydrogen) atoms. The number of carbonyl (C=O) groups is 1. The van der Waals surface area contributed by atoms with Crippen LogP contribution in [0.4, 0.5) is 17.3 Å². The number of nitriles is 1. The van der Waals surface area contributed by atoms with E-state index in [4.69, 9.17) is 21.8 Å². The summed E-state index contributed by atoms with van der Waals surface area (Å²) in [5.74, 6) is 1.35. The lowest BCUT2D eigenvalue weighted by Crippen LogP contribution is -2.10. The quantitative estimate of drug-likeness (QED) is 0.563. The highest BCUT2D eigenvalue weighted by molar-refractivity contribution is 6.32. The van der Waals surface area contributed by atoms with Crippen molar-refractivity contribution in [3.8, 4) is 6.07 Å². The summed E-state index contributed by atoms with van der Waals surface area (Å²) in [6.45, 7) is 3.90. The Labute approximate surface area is 183 Å². The Balaban J connectivity index is 1.56. The van der Waals surface area contributed by atoms with Crippen molar-refractivity contribution < 1.29 is 4.79 Å². The average molecular weight is 432 g/mol. The number of hydrogen-bond acceptors (Lipinski definition) is 6. The molecule has 3 aromatic rings. The van der Waals surface area contributed by atoms with Gasteiger partial charge in [-0.25, -0.2) is 4.98 Å². The number of hydrogen-bond donors (Lipinski definition) is 3. The number of amides is 1. The van der Waals surface area contributed by atoms with Crippen LogP contribution in [0.1, 0.15) is 30.4 Å². The number of rotatable bonds is 5. The van der Waals surface area contributed by atoms with Gasteiger partial charge in [-0.1, -0.05) is 18.2 Å². The van der Waals surface area contributed by atoms with Crippen molar-refractivity contribution >= 4 is 46.6 Å². The highest BCUT2D eigenvalue weighted by Crippen LogP contribution is 2.30. The van der Waals surface area contributed by atoms with Crippen LogP contribution in [0, 0.1) is 11.3 Å². The van der Waals surface area contributed by atoms with E-state index >= 15 is 0 Å². The number of nitrogens with one attached hydrogen (secondary N) is 3. The third kappa shape index (κ3) is 3.83. The van der Waals surface area contributed by atoms with Crippen LogP contribution < -0.4 is 16.0 Å². The van der Waals surface area contributed by atoms with Gasteiger partial charge in [-0.2, -0.15) is 14.9 Å². The van der Waals surface area contributed by atoms with Crippen LogP contribution in [-0.2, 0) is 4.79 Å². The van der Waals surface area contributed by atoms with E-state index in [1.54, 1.807) is 28.9 Å². The molecule has 2 aromatic heterocycles. The van der Waals surface area contributed by atoms with E-state index in [1.165, 1.54) is 0 Å². The largest absolute Gasteiger partial charge is 0.367 e. The van der Waals surface area contributed by atoms with Crippen molar-refractivity contribution in [2.45, 2.75) is 25.3 Å². The Morgan fingerprint density at radius 3 is 2.87 bits per heavy atom. The molecular formula is C22H18ClN7O. The van der Waals surface area contributed by atoms with E-state index in [2.05, 4.69) is 33.7 Å². The van der Waals surface area contributed by atoms with Gasteiger partial charge in [0.15, 0.2) is 5.65 Å². The Morgan fingerprint density at radius 2 is 2.19 bits per heavy atom. The zero-order chi connectivity index (χ0) is 21.5. The predicted octanol–water partition coefficient (Wildman–Crippen LogP) is 3.99. The molecule has 0 unspecified atom stereocenters. The molecule has 0 atom stereocenters. The van der Waals surface area contributed by atoms with Crippen molar-refractivity contribution in [1.82, 2.24) is 19.9 Å². The first-order chi connectivity index (χ1) is 15.0. The Hall–Kier alpha value is -3.83. The average Bonchev–Trinajstić information content (AvgIpc) is 3.37. The summed E-state index contributed by atoms with van der Waals surface area (Å²) in [6.07, 6.45) is 6.13. The molecule has 1 saturated heterocycles. The minimum Gasteiger partial charge on any atom is -0.367 e. The number of aromatic nitrogens is 3. The van der Waals surface area contributed by atoms with Crippen LogP contribution in [-0.4, -0.2) is 26.5 Å². The Bertz CT molecular complexity index is 1310. The predicted molar refractivity (Wildman–Crippen MR) is 119 cm³/mol. The number of nitrogens with zero attached hydrogens (tertiary/aromatic N) is 4. The van der Waals surface area contributed by atoms with Crippen LogP contribution in [0.3, 0.4) is 0 Å². The number of fused-ring (bicyclic) bond motifs is 1. The number of benzene rings is 1. The fourth-order valence-corrected chi connectivity index (χ4v) is 3.64. The molecule has 1 amide bonds. The molecule has 8 nitrogen and oxygen atoms in total. The molecule has 0 spiro atoms. The van der Waals surface area contributed by atoms with Gasteiger partial charge in [0, 0.05) is 29.1 Å². The normalized spacial score (nSPS) is 17.1. The maximum atomic E-state index is 11.7. The summed E-state index contributed by atoms with van der Waals surface area (Å²) in [5.41, 5.74) is 3.98. The smallest absolute Gasteiger partial charge is 0.228 e. The third-order valence-electron chi connectivity index (χ3n) is 5.15. The monoisotopic (exact) mass is 431 g/mol. The van der Waals surface area contributed by atoms with Crippen molar-refractivity contribution in [2.24, 2.45) is 0 Å². The van der Waals surface area contributed by atoms with Gasteiger partial charge in [-0.15, -0.1) is 0 Å². The van der Waals surface area contributed by atoms with E-state index in [1.807, 2.05) is 12.1 Å². The Morgan fingerprint density at radius 1 is 1.35 bits per heavy atom. The first kappa shape index (κ1) is 19.2. The SMILES string of the molecule is C=C1NC(=O)C/C1=C\c1cnn2c(NC3CC3)cc(Nc3ccc(C#N)c(Cl)c3)nc12. The standard InChI is InChI=1S/C22H18ClN7O/c1-12-14(7-21(31)26-12)6-15-11-25-30-20(28-16-4-5-16)9-19(29-22(15)30)27-17-3-2-13(10-24)18(23)8-17/h2-3,6,8-9,11,16,28H,1,4-5,7H2,(H,26,31)(H,27,29)/b14-6+. The highest BCUT2D eigenvalue weighted by atomic mass is 35.5. The molecule has 3 heterocycles. The maximum Gasteiger partial charge on any atom is 0.228 e. The van der Waals surface area contributed by atoms with E-state index in [0.717, 1.165) is 35.5 Å². The van der Waals surface area contributed by atoms with Crippen LogP contribution in [0.25, 0.3) is 11.7 Å². The number of anilines is 3. The highest BCUT2D eigenvalue weighted by Gasteiger charge is 2.24. The van der Waals surface area contributed by atoms with Gasteiger partial charge in [0.1, 0.15) is 17.7 Å². The maximum absolute atomic E-state index is 11.7. The number of carbonyl (C=O) groups excluding carboxylic acids is 1. The van der Waals surface area contributed by atoms with E-state index < -0.39 is 0 Å².